The van der Waals surface area contributed by atoms with Gasteiger partial charge < -0.3 is 0 Å². The van der Waals surface area contributed by atoms with Gasteiger partial charge in [0.05, 0.1) is 0 Å². The standard InChI is InChI=1S/C21H20ClP.Au/c1-15-9-4-6-13-19(15)23(20-14-7-5-10-16(20)2)21-17(3)11-8-12-18(21)22;/h4-14H,1-3H3;/q;+1. The third kappa shape index (κ3) is 3.85. The maximum absolute atomic E-state index is 6.64. The molecule has 0 radical (unpaired) electrons. The van der Waals surface area contributed by atoms with Crippen LogP contribution < -0.4 is 15.9 Å². The van der Waals surface area contributed by atoms with E-state index < -0.39 is 7.92 Å². The molecule has 0 nitrogen and oxygen atoms in total. The SMILES string of the molecule is Cc1ccccc1P(c1ccccc1C)c1c(C)cccc1Cl.[Au+]. The van der Waals surface area contributed by atoms with Crippen molar-refractivity contribution in [1.29, 1.82) is 0 Å². The van der Waals surface area contributed by atoms with Gasteiger partial charge in [0.1, 0.15) is 0 Å². The van der Waals surface area contributed by atoms with Crippen LogP contribution in [0.25, 0.3) is 0 Å². The van der Waals surface area contributed by atoms with Crippen molar-refractivity contribution in [2.75, 3.05) is 0 Å². The molecule has 0 heterocycles. The maximum Gasteiger partial charge on any atom is 1.00 e. The van der Waals surface area contributed by atoms with Gasteiger partial charge in [0, 0.05) is 10.3 Å². The van der Waals surface area contributed by atoms with E-state index >= 15 is 0 Å². The number of benzene rings is 3. The number of aryl methyl sites for hydroxylation is 3. The van der Waals surface area contributed by atoms with Gasteiger partial charge in [-0.15, -0.1) is 0 Å². The van der Waals surface area contributed by atoms with Crippen LogP contribution in [0.4, 0.5) is 0 Å². The molecule has 0 aliphatic heterocycles. The molecule has 0 aliphatic carbocycles. The molecule has 3 rings (SSSR count). The van der Waals surface area contributed by atoms with Crippen LogP contribution in [0.2, 0.25) is 5.02 Å². The monoisotopic (exact) mass is 535 g/mol. The zero-order chi connectivity index (χ0) is 16.4. The van der Waals surface area contributed by atoms with Gasteiger partial charge in [0.15, 0.2) is 0 Å². The summed E-state index contributed by atoms with van der Waals surface area (Å²) >= 11 is 6.64. The van der Waals surface area contributed by atoms with E-state index in [-0.39, 0.29) is 22.4 Å². The molecule has 3 heteroatoms. The van der Waals surface area contributed by atoms with Gasteiger partial charge in [-0.1, -0.05) is 72.3 Å². The van der Waals surface area contributed by atoms with E-state index in [0.717, 1.165) is 5.02 Å². The summed E-state index contributed by atoms with van der Waals surface area (Å²) in [7, 11) is -0.661. The van der Waals surface area contributed by atoms with Gasteiger partial charge in [-0.05, 0) is 62.1 Å². The smallest absolute Gasteiger partial charge is 0.0836 e. The third-order valence-electron chi connectivity index (χ3n) is 4.12. The Bertz CT molecular complexity index is 779. The Morgan fingerprint density at radius 3 is 1.54 bits per heavy atom. The Kier molecular flexibility index (Phi) is 6.87. The Labute approximate surface area is 166 Å². The molecule has 0 N–H and O–H groups in total. The van der Waals surface area contributed by atoms with E-state index in [2.05, 4.69) is 75.4 Å². The molecule has 0 saturated heterocycles. The molecule has 0 unspecified atom stereocenters. The second-order valence-corrected chi connectivity index (χ2v) is 8.30. The van der Waals surface area contributed by atoms with Crippen LogP contribution in [0.5, 0.6) is 0 Å². The first kappa shape index (κ1) is 19.4. The summed E-state index contributed by atoms with van der Waals surface area (Å²) in [4.78, 5) is 0. The van der Waals surface area contributed by atoms with Crippen LogP contribution in [0.1, 0.15) is 16.7 Å². The van der Waals surface area contributed by atoms with Gasteiger partial charge in [0.25, 0.3) is 0 Å². The molecule has 3 aromatic carbocycles. The Balaban J connectivity index is 0.00000208. The third-order valence-corrected chi connectivity index (χ3v) is 7.58. The average Bonchev–Trinajstić information content (AvgIpc) is 2.53. The predicted octanol–water partition coefficient (Wildman–Crippen LogP) is 5.02. The molecular formula is C21H20AuClP+. The van der Waals surface area contributed by atoms with Gasteiger partial charge >= 0.3 is 22.4 Å². The van der Waals surface area contributed by atoms with Gasteiger partial charge in [-0.25, -0.2) is 0 Å². The summed E-state index contributed by atoms with van der Waals surface area (Å²) in [6, 6.07) is 23.5. The van der Waals surface area contributed by atoms with Gasteiger partial charge in [-0.3, -0.25) is 0 Å². The molecule has 0 fully saturated rings. The molecule has 0 spiro atoms. The molecule has 3 aromatic rings. The summed E-state index contributed by atoms with van der Waals surface area (Å²) in [5, 5.41) is 4.90. The van der Waals surface area contributed by atoms with Crippen LogP contribution >= 0.6 is 19.5 Å². The molecule has 24 heavy (non-hydrogen) atoms. The van der Waals surface area contributed by atoms with Crippen molar-refractivity contribution >= 4 is 35.4 Å². The number of hydrogen-bond acceptors (Lipinski definition) is 0. The molecule has 0 saturated carbocycles. The molecule has 0 amide bonds. The fourth-order valence-corrected chi connectivity index (χ4v) is 6.16. The Morgan fingerprint density at radius 2 is 1.08 bits per heavy atom. The van der Waals surface area contributed by atoms with Crippen LogP contribution in [0.15, 0.2) is 66.7 Å². The van der Waals surface area contributed by atoms with Crippen molar-refractivity contribution in [2.24, 2.45) is 0 Å². The van der Waals surface area contributed by atoms with Crippen molar-refractivity contribution in [2.45, 2.75) is 20.8 Å². The van der Waals surface area contributed by atoms with Crippen molar-refractivity contribution in [3.8, 4) is 0 Å². The first-order chi connectivity index (χ1) is 11.1. The van der Waals surface area contributed by atoms with E-state index in [0.29, 0.717) is 0 Å². The number of halogens is 1. The fraction of sp³-hybridized carbons (Fsp3) is 0.143. The first-order valence-corrected chi connectivity index (χ1v) is 9.48. The van der Waals surface area contributed by atoms with E-state index in [1.54, 1.807) is 0 Å². The topological polar surface area (TPSA) is 0 Å². The van der Waals surface area contributed by atoms with E-state index in [1.807, 2.05) is 12.1 Å². The second kappa shape index (κ2) is 8.48. The zero-order valence-electron chi connectivity index (χ0n) is 14.0. The number of rotatable bonds is 3. The number of hydrogen-bond donors (Lipinski definition) is 0. The van der Waals surface area contributed by atoms with Crippen LogP contribution in [0, 0.1) is 20.8 Å². The van der Waals surface area contributed by atoms with Gasteiger partial charge in [0.2, 0.25) is 0 Å². The summed E-state index contributed by atoms with van der Waals surface area (Å²) in [5.41, 5.74) is 3.90. The molecular weight excluding hydrogens is 516 g/mol. The minimum absolute atomic E-state index is 0. The molecule has 0 aliphatic rings. The molecule has 0 aromatic heterocycles. The van der Waals surface area contributed by atoms with E-state index in [1.165, 1.54) is 32.6 Å². The van der Waals surface area contributed by atoms with Crippen LogP contribution in [-0.2, 0) is 22.4 Å². The summed E-state index contributed by atoms with van der Waals surface area (Å²) in [6.07, 6.45) is 0. The largest absolute Gasteiger partial charge is 1.00 e. The van der Waals surface area contributed by atoms with E-state index in [4.69, 9.17) is 11.6 Å². The van der Waals surface area contributed by atoms with Crippen molar-refractivity contribution in [3.63, 3.8) is 0 Å². The summed E-state index contributed by atoms with van der Waals surface area (Å²) in [6.45, 7) is 6.54. The van der Waals surface area contributed by atoms with Crippen LogP contribution in [-0.4, -0.2) is 0 Å². The predicted molar refractivity (Wildman–Crippen MR) is 104 cm³/mol. The zero-order valence-corrected chi connectivity index (χ0v) is 17.8. The summed E-state index contributed by atoms with van der Waals surface area (Å²) < 4.78 is 0. The van der Waals surface area contributed by atoms with Crippen molar-refractivity contribution < 1.29 is 22.4 Å². The van der Waals surface area contributed by atoms with Crippen molar-refractivity contribution in [1.82, 2.24) is 0 Å². The summed E-state index contributed by atoms with van der Waals surface area (Å²) in [5.74, 6) is 0. The fourth-order valence-electron chi connectivity index (χ4n) is 2.91. The van der Waals surface area contributed by atoms with E-state index in [9.17, 15) is 0 Å². The Morgan fingerprint density at radius 1 is 0.625 bits per heavy atom. The van der Waals surface area contributed by atoms with Gasteiger partial charge in [-0.2, -0.15) is 0 Å². The minimum atomic E-state index is -0.661. The van der Waals surface area contributed by atoms with Crippen molar-refractivity contribution in [3.05, 3.63) is 88.4 Å². The minimum Gasteiger partial charge on any atom is -0.0836 e. The molecule has 0 bridgehead atoms. The van der Waals surface area contributed by atoms with Crippen LogP contribution in [0.3, 0.4) is 0 Å². The Hall–Kier alpha value is -0.880. The normalized spacial score (nSPS) is 10.5. The average molecular weight is 536 g/mol. The first-order valence-electron chi connectivity index (χ1n) is 7.76. The second-order valence-electron chi connectivity index (χ2n) is 5.81. The quantitative estimate of drug-likeness (QED) is 0.326. The molecule has 126 valence electrons. The molecule has 0 atom stereocenters. The maximum atomic E-state index is 6.64.